The first-order valence-corrected chi connectivity index (χ1v) is 7.67. The van der Waals surface area contributed by atoms with Crippen LogP contribution in [0.1, 0.15) is 11.3 Å². The third kappa shape index (κ3) is 3.10. The lowest BCUT2D eigenvalue weighted by molar-refractivity contribution is 0.199. The van der Waals surface area contributed by atoms with Crippen LogP contribution in [0.2, 0.25) is 0 Å². The van der Waals surface area contributed by atoms with E-state index in [4.69, 9.17) is 9.26 Å². The molecule has 3 aromatic rings. The average molecular weight is 307 g/mol. The van der Waals surface area contributed by atoms with Crippen LogP contribution in [0, 0.1) is 0 Å². The largest absolute Gasteiger partial charge is 0.492 e. The normalized spacial score (nSPS) is 14.8. The van der Waals surface area contributed by atoms with Crippen molar-refractivity contribution >= 4 is 0 Å². The van der Waals surface area contributed by atoms with Crippen molar-refractivity contribution < 1.29 is 9.26 Å². The topological polar surface area (TPSA) is 51.4 Å². The SMILES string of the molecule is c1cncc(-c2cc(CN3CCOc4ccccc4C3)on2)c1. The van der Waals surface area contributed by atoms with Crippen molar-refractivity contribution in [1.29, 1.82) is 0 Å². The highest BCUT2D eigenvalue weighted by atomic mass is 16.5. The molecule has 0 radical (unpaired) electrons. The average Bonchev–Trinajstić information content (AvgIpc) is 2.96. The smallest absolute Gasteiger partial charge is 0.151 e. The van der Waals surface area contributed by atoms with Crippen LogP contribution in [0.3, 0.4) is 0 Å². The van der Waals surface area contributed by atoms with E-state index in [0.717, 1.165) is 35.9 Å². The summed E-state index contributed by atoms with van der Waals surface area (Å²) in [6.45, 7) is 3.10. The van der Waals surface area contributed by atoms with Gasteiger partial charge in [0.2, 0.25) is 0 Å². The summed E-state index contributed by atoms with van der Waals surface area (Å²) < 4.78 is 11.3. The molecule has 0 saturated carbocycles. The van der Waals surface area contributed by atoms with Gasteiger partial charge < -0.3 is 9.26 Å². The molecule has 5 heteroatoms. The molecule has 1 aliphatic rings. The second-order valence-corrected chi connectivity index (χ2v) is 5.59. The van der Waals surface area contributed by atoms with E-state index in [1.165, 1.54) is 5.56 Å². The molecule has 0 spiro atoms. The summed E-state index contributed by atoms with van der Waals surface area (Å²) in [6, 6.07) is 14.0. The van der Waals surface area contributed by atoms with Gasteiger partial charge in [0, 0.05) is 42.7 Å². The first-order chi connectivity index (χ1) is 11.4. The molecule has 1 aromatic carbocycles. The summed E-state index contributed by atoms with van der Waals surface area (Å²) in [5.41, 5.74) is 2.99. The number of aromatic nitrogens is 2. The minimum atomic E-state index is 0.681. The minimum Gasteiger partial charge on any atom is -0.492 e. The molecule has 5 nitrogen and oxygen atoms in total. The Morgan fingerprint density at radius 2 is 2.09 bits per heavy atom. The molecule has 4 rings (SSSR count). The van der Waals surface area contributed by atoms with Gasteiger partial charge in [0.25, 0.3) is 0 Å². The molecule has 0 atom stereocenters. The highest BCUT2D eigenvalue weighted by Gasteiger charge is 2.17. The first-order valence-electron chi connectivity index (χ1n) is 7.67. The van der Waals surface area contributed by atoms with E-state index < -0.39 is 0 Å². The van der Waals surface area contributed by atoms with E-state index in [9.17, 15) is 0 Å². The van der Waals surface area contributed by atoms with Crippen LogP contribution in [0.5, 0.6) is 5.75 Å². The summed E-state index contributed by atoms with van der Waals surface area (Å²) in [7, 11) is 0. The summed E-state index contributed by atoms with van der Waals surface area (Å²) in [6.07, 6.45) is 3.54. The molecule has 2 aromatic heterocycles. The van der Waals surface area contributed by atoms with Gasteiger partial charge in [-0.2, -0.15) is 0 Å². The van der Waals surface area contributed by atoms with E-state index in [0.29, 0.717) is 13.2 Å². The van der Waals surface area contributed by atoms with Crippen LogP contribution >= 0.6 is 0 Å². The number of rotatable bonds is 3. The van der Waals surface area contributed by atoms with Gasteiger partial charge in [0.05, 0.1) is 6.54 Å². The maximum Gasteiger partial charge on any atom is 0.151 e. The highest BCUT2D eigenvalue weighted by molar-refractivity contribution is 5.57. The van der Waals surface area contributed by atoms with E-state index in [2.05, 4.69) is 21.1 Å². The predicted octanol–water partition coefficient (Wildman–Crippen LogP) is 3.13. The maximum atomic E-state index is 5.79. The zero-order chi connectivity index (χ0) is 15.5. The fourth-order valence-corrected chi connectivity index (χ4v) is 2.77. The third-order valence-electron chi connectivity index (χ3n) is 3.93. The molecular weight excluding hydrogens is 290 g/mol. The van der Waals surface area contributed by atoms with E-state index in [-0.39, 0.29) is 0 Å². The Morgan fingerprint density at radius 1 is 1.13 bits per heavy atom. The van der Waals surface area contributed by atoms with Crippen molar-refractivity contribution in [3.05, 3.63) is 66.2 Å². The van der Waals surface area contributed by atoms with Crippen LogP contribution in [-0.4, -0.2) is 28.2 Å². The molecule has 0 saturated heterocycles. The van der Waals surface area contributed by atoms with Crippen molar-refractivity contribution in [2.24, 2.45) is 0 Å². The molecular formula is C18H17N3O2. The van der Waals surface area contributed by atoms with Gasteiger partial charge in [-0.15, -0.1) is 0 Å². The zero-order valence-corrected chi connectivity index (χ0v) is 12.7. The molecule has 3 heterocycles. The molecule has 0 amide bonds. The van der Waals surface area contributed by atoms with E-state index >= 15 is 0 Å². The monoisotopic (exact) mass is 307 g/mol. The van der Waals surface area contributed by atoms with Gasteiger partial charge in [-0.3, -0.25) is 9.88 Å². The molecule has 23 heavy (non-hydrogen) atoms. The molecule has 0 aliphatic carbocycles. The lowest BCUT2D eigenvalue weighted by Gasteiger charge is -2.17. The summed E-state index contributed by atoms with van der Waals surface area (Å²) in [5.74, 6) is 1.83. The highest BCUT2D eigenvalue weighted by Crippen LogP contribution is 2.24. The van der Waals surface area contributed by atoms with Crippen LogP contribution in [0.4, 0.5) is 0 Å². The number of benzene rings is 1. The Kier molecular flexibility index (Phi) is 3.78. The zero-order valence-electron chi connectivity index (χ0n) is 12.7. The predicted molar refractivity (Wildman–Crippen MR) is 85.8 cm³/mol. The second-order valence-electron chi connectivity index (χ2n) is 5.59. The van der Waals surface area contributed by atoms with Gasteiger partial charge >= 0.3 is 0 Å². The Balaban J connectivity index is 1.49. The van der Waals surface area contributed by atoms with Crippen molar-refractivity contribution in [3.63, 3.8) is 0 Å². The Bertz CT molecular complexity index is 786. The number of hydrogen-bond donors (Lipinski definition) is 0. The van der Waals surface area contributed by atoms with Crippen molar-refractivity contribution in [2.45, 2.75) is 13.1 Å². The Labute approximate surface area is 134 Å². The molecule has 0 unspecified atom stereocenters. The Morgan fingerprint density at radius 3 is 3.00 bits per heavy atom. The van der Waals surface area contributed by atoms with Crippen LogP contribution in [0.25, 0.3) is 11.3 Å². The summed E-state index contributed by atoms with van der Waals surface area (Å²) in [5, 5.41) is 4.15. The van der Waals surface area contributed by atoms with Gasteiger partial charge in [-0.25, -0.2) is 0 Å². The fourth-order valence-electron chi connectivity index (χ4n) is 2.77. The van der Waals surface area contributed by atoms with Crippen LogP contribution in [-0.2, 0) is 13.1 Å². The minimum absolute atomic E-state index is 0.681. The number of para-hydroxylation sites is 1. The molecule has 116 valence electrons. The standard InChI is InChI=1S/C18H17N3O2/c1-2-6-18-15(4-1)12-21(8-9-22-18)13-16-10-17(20-23-16)14-5-3-7-19-11-14/h1-7,10-11H,8-9,12-13H2. The van der Waals surface area contributed by atoms with Crippen LogP contribution in [0.15, 0.2) is 59.4 Å². The molecule has 0 fully saturated rings. The van der Waals surface area contributed by atoms with Gasteiger partial charge in [-0.05, 0) is 18.2 Å². The quantitative estimate of drug-likeness (QED) is 0.744. The summed E-state index contributed by atoms with van der Waals surface area (Å²) in [4.78, 5) is 6.42. The van der Waals surface area contributed by atoms with E-state index in [1.54, 1.807) is 12.4 Å². The fraction of sp³-hybridized carbons (Fsp3) is 0.222. The Hall–Kier alpha value is -2.66. The second kappa shape index (κ2) is 6.22. The van der Waals surface area contributed by atoms with E-state index in [1.807, 2.05) is 36.4 Å². The van der Waals surface area contributed by atoms with Crippen molar-refractivity contribution in [1.82, 2.24) is 15.0 Å². The molecule has 0 N–H and O–H groups in total. The lowest BCUT2D eigenvalue weighted by Crippen LogP contribution is -2.25. The lowest BCUT2D eigenvalue weighted by atomic mass is 10.2. The van der Waals surface area contributed by atoms with Crippen LogP contribution < -0.4 is 4.74 Å². The van der Waals surface area contributed by atoms with Gasteiger partial charge in [-0.1, -0.05) is 23.4 Å². The molecule has 1 aliphatic heterocycles. The van der Waals surface area contributed by atoms with Gasteiger partial charge in [0.15, 0.2) is 5.76 Å². The number of pyridine rings is 1. The number of fused-ring (bicyclic) bond motifs is 1. The van der Waals surface area contributed by atoms with Gasteiger partial charge in [0.1, 0.15) is 18.1 Å². The maximum absolute atomic E-state index is 5.79. The number of hydrogen-bond acceptors (Lipinski definition) is 5. The van der Waals surface area contributed by atoms with Crippen molar-refractivity contribution in [2.75, 3.05) is 13.2 Å². The molecule has 0 bridgehead atoms. The third-order valence-corrected chi connectivity index (χ3v) is 3.93. The number of ether oxygens (including phenoxy) is 1. The number of nitrogens with zero attached hydrogens (tertiary/aromatic N) is 3. The first kappa shape index (κ1) is 14.0. The summed E-state index contributed by atoms with van der Waals surface area (Å²) >= 11 is 0. The van der Waals surface area contributed by atoms with Crippen molar-refractivity contribution in [3.8, 4) is 17.0 Å².